The highest BCUT2D eigenvalue weighted by Gasteiger charge is 2.02. The first-order valence-electron chi connectivity index (χ1n) is 3.90. The lowest BCUT2D eigenvalue weighted by Crippen LogP contribution is -2.07. The second-order valence-corrected chi connectivity index (χ2v) is 2.65. The van der Waals surface area contributed by atoms with E-state index >= 15 is 0 Å². The van der Waals surface area contributed by atoms with E-state index in [0.717, 1.165) is 18.5 Å². The van der Waals surface area contributed by atoms with E-state index in [1.54, 1.807) is 6.20 Å². The number of rotatable bonds is 5. The second-order valence-electron chi connectivity index (χ2n) is 2.65. The molecule has 0 amide bonds. The molecule has 1 aromatic heterocycles. The number of ether oxygens (including phenoxy) is 1. The zero-order valence-corrected chi connectivity index (χ0v) is 6.99. The molecule has 0 aliphatic carbocycles. The molecule has 0 spiro atoms. The summed E-state index contributed by atoms with van der Waals surface area (Å²) in [5, 5.41) is 6.70. The summed E-state index contributed by atoms with van der Waals surface area (Å²) in [6.07, 6.45) is 3.39. The van der Waals surface area contributed by atoms with Gasteiger partial charge in [0.25, 0.3) is 6.47 Å². The molecule has 1 N–H and O–H groups in total. The van der Waals surface area contributed by atoms with E-state index in [1.807, 2.05) is 13.0 Å². The number of aromatic amines is 1. The fraction of sp³-hybridized carbons (Fsp3) is 0.500. The van der Waals surface area contributed by atoms with Crippen molar-refractivity contribution in [1.82, 2.24) is 10.2 Å². The van der Waals surface area contributed by atoms with Gasteiger partial charge in [0.15, 0.2) is 0 Å². The molecule has 0 bridgehead atoms. The number of carbonyl (C=O) groups is 1. The lowest BCUT2D eigenvalue weighted by molar-refractivity contribution is -0.132. The zero-order chi connectivity index (χ0) is 8.81. The van der Waals surface area contributed by atoms with Gasteiger partial charge in [-0.15, -0.1) is 0 Å². The van der Waals surface area contributed by atoms with Gasteiger partial charge in [0.1, 0.15) is 0 Å². The molecule has 0 aliphatic heterocycles. The van der Waals surface area contributed by atoms with Crippen LogP contribution in [0, 0.1) is 0 Å². The fourth-order valence-corrected chi connectivity index (χ4v) is 0.944. The Morgan fingerprint density at radius 1 is 1.83 bits per heavy atom. The van der Waals surface area contributed by atoms with Crippen LogP contribution < -0.4 is 0 Å². The van der Waals surface area contributed by atoms with Crippen LogP contribution in [-0.2, 0) is 16.0 Å². The average molecular weight is 168 g/mol. The average Bonchev–Trinajstić information content (AvgIpc) is 2.53. The molecule has 1 aromatic rings. The van der Waals surface area contributed by atoms with Crippen LogP contribution in [0.2, 0.25) is 0 Å². The number of hydrogen-bond acceptors (Lipinski definition) is 3. The normalized spacial score (nSPS) is 12.4. The molecule has 66 valence electrons. The van der Waals surface area contributed by atoms with Crippen LogP contribution in [0.15, 0.2) is 12.3 Å². The predicted molar refractivity (Wildman–Crippen MR) is 43.5 cm³/mol. The summed E-state index contributed by atoms with van der Waals surface area (Å²) < 4.78 is 4.72. The third-order valence-electron chi connectivity index (χ3n) is 1.65. The standard InChI is InChI=1S/C8H12N2O2/c1-7(12-6-11)2-3-8-4-5-9-10-8/h4-7H,2-3H2,1H3,(H,9,10). The Morgan fingerprint density at radius 3 is 3.25 bits per heavy atom. The molecular weight excluding hydrogens is 156 g/mol. The van der Waals surface area contributed by atoms with Crippen molar-refractivity contribution >= 4 is 6.47 Å². The molecule has 4 heteroatoms. The number of carbonyl (C=O) groups excluding carboxylic acids is 1. The summed E-state index contributed by atoms with van der Waals surface area (Å²) in [7, 11) is 0. The number of nitrogens with zero attached hydrogens (tertiary/aromatic N) is 1. The van der Waals surface area contributed by atoms with E-state index in [2.05, 4.69) is 10.2 Å². The number of aromatic nitrogens is 2. The van der Waals surface area contributed by atoms with Crippen LogP contribution in [0.1, 0.15) is 19.0 Å². The maximum absolute atomic E-state index is 9.93. The third kappa shape index (κ3) is 2.74. The molecule has 4 nitrogen and oxygen atoms in total. The number of nitrogens with one attached hydrogen (secondary N) is 1. The van der Waals surface area contributed by atoms with E-state index in [1.165, 1.54) is 0 Å². The number of hydrogen-bond donors (Lipinski definition) is 1. The largest absolute Gasteiger partial charge is 0.465 e. The molecule has 0 saturated carbocycles. The van der Waals surface area contributed by atoms with Crippen LogP contribution in [-0.4, -0.2) is 22.8 Å². The highest BCUT2D eigenvalue weighted by molar-refractivity contribution is 5.37. The Kier molecular flexibility index (Phi) is 3.32. The molecule has 12 heavy (non-hydrogen) atoms. The van der Waals surface area contributed by atoms with Gasteiger partial charge < -0.3 is 4.74 Å². The Balaban J connectivity index is 2.21. The maximum Gasteiger partial charge on any atom is 0.293 e. The van der Waals surface area contributed by atoms with Crippen molar-refractivity contribution < 1.29 is 9.53 Å². The lowest BCUT2D eigenvalue weighted by Gasteiger charge is -2.06. The van der Waals surface area contributed by atoms with E-state index in [-0.39, 0.29) is 6.10 Å². The zero-order valence-electron chi connectivity index (χ0n) is 6.99. The van der Waals surface area contributed by atoms with Crippen molar-refractivity contribution in [3.63, 3.8) is 0 Å². The van der Waals surface area contributed by atoms with Gasteiger partial charge in [-0.3, -0.25) is 9.89 Å². The van der Waals surface area contributed by atoms with Gasteiger partial charge in [-0.1, -0.05) is 0 Å². The fourth-order valence-electron chi connectivity index (χ4n) is 0.944. The first-order valence-corrected chi connectivity index (χ1v) is 3.90. The Morgan fingerprint density at radius 2 is 2.67 bits per heavy atom. The summed E-state index contributed by atoms with van der Waals surface area (Å²) in [4.78, 5) is 9.93. The van der Waals surface area contributed by atoms with Crippen molar-refractivity contribution in [2.45, 2.75) is 25.9 Å². The molecule has 0 radical (unpaired) electrons. The molecule has 1 heterocycles. The van der Waals surface area contributed by atoms with Gasteiger partial charge in [-0.2, -0.15) is 5.10 Å². The Labute approximate surface area is 70.9 Å². The number of aryl methyl sites for hydroxylation is 1. The van der Waals surface area contributed by atoms with Crippen LogP contribution in [0.4, 0.5) is 0 Å². The molecule has 0 aliphatic rings. The Hall–Kier alpha value is -1.32. The molecular formula is C8H12N2O2. The van der Waals surface area contributed by atoms with Crippen molar-refractivity contribution in [2.24, 2.45) is 0 Å². The second kappa shape index (κ2) is 4.54. The van der Waals surface area contributed by atoms with Crippen molar-refractivity contribution in [3.8, 4) is 0 Å². The van der Waals surface area contributed by atoms with Crippen LogP contribution in [0.5, 0.6) is 0 Å². The number of H-pyrrole nitrogens is 1. The van der Waals surface area contributed by atoms with Gasteiger partial charge >= 0.3 is 0 Å². The van der Waals surface area contributed by atoms with Gasteiger partial charge in [-0.25, -0.2) is 0 Å². The maximum atomic E-state index is 9.93. The highest BCUT2D eigenvalue weighted by Crippen LogP contribution is 2.02. The summed E-state index contributed by atoms with van der Waals surface area (Å²) in [6.45, 7) is 2.34. The molecule has 0 aromatic carbocycles. The molecule has 1 rings (SSSR count). The first kappa shape index (κ1) is 8.77. The topological polar surface area (TPSA) is 55.0 Å². The Bertz CT molecular complexity index is 221. The summed E-state index contributed by atoms with van der Waals surface area (Å²) in [5.41, 5.74) is 0.997. The smallest absolute Gasteiger partial charge is 0.293 e. The van der Waals surface area contributed by atoms with E-state index in [9.17, 15) is 4.79 Å². The molecule has 0 saturated heterocycles. The minimum absolute atomic E-state index is 0.0285. The lowest BCUT2D eigenvalue weighted by atomic mass is 10.2. The predicted octanol–water partition coefficient (Wildman–Crippen LogP) is 0.904. The van der Waals surface area contributed by atoms with Crippen LogP contribution in [0.25, 0.3) is 0 Å². The molecule has 0 fully saturated rings. The van der Waals surface area contributed by atoms with E-state index in [0.29, 0.717) is 6.47 Å². The molecule has 1 atom stereocenters. The monoisotopic (exact) mass is 168 g/mol. The summed E-state index contributed by atoms with van der Waals surface area (Å²) in [5.74, 6) is 0. The van der Waals surface area contributed by atoms with Crippen molar-refractivity contribution in [1.29, 1.82) is 0 Å². The highest BCUT2D eigenvalue weighted by atomic mass is 16.5. The van der Waals surface area contributed by atoms with Gasteiger partial charge in [0.05, 0.1) is 11.8 Å². The van der Waals surface area contributed by atoms with Gasteiger partial charge in [0, 0.05) is 6.20 Å². The van der Waals surface area contributed by atoms with Crippen LogP contribution >= 0.6 is 0 Å². The minimum Gasteiger partial charge on any atom is -0.465 e. The van der Waals surface area contributed by atoms with Crippen molar-refractivity contribution in [2.75, 3.05) is 0 Å². The summed E-state index contributed by atoms with van der Waals surface area (Å²) in [6, 6.07) is 1.91. The van der Waals surface area contributed by atoms with Crippen molar-refractivity contribution in [3.05, 3.63) is 18.0 Å². The first-order chi connectivity index (χ1) is 5.83. The van der Waals surface area contributed by atoms with Gasteiger partial charge in [-0.05, 0) is 25.8 Å². The van der Waals surface area contributed by atoms with Gasteiger partial charge in [0.2, 0.25) is 0 Å². The summed E-state index contributed by atoms with van der Waals surface area (Å²) >= 11 is 0. The SMILES string of the molecule is CC(CCc1cc[nH]n1)OC=O. The van der Waals surface area contributed by atoms with E-state index in [4.69, 9.17) is 4.74 Å². The quantitative estimate of drug-likeness (QED) is 0.665. The molecule has 1 unspecified atom stereocenters. The minimum atomic E-state index is -0.0285. The van der Waals surface area contributed by atoms with E-state index < -0.39 is 0 Å². The third-order valence-corrected chi connectivity index (χ3v) is 1.65. The van der Waals surface area contributed by atoms with Crippen LogP contribution in [0.3, 0.4) is 0 Å².